The van der Waals surface area contributed by atoms with Crippen LogP contribution in [-0.2, 0) is 19.1 Å². The highest BCUT2D eigenvalue weighted by Crippen LogP contribution is 2.22. The van der Waals surface area contributed by atoms with Crippen molar-refractivity contribution in [2.24, 2.45) is 0 Å². The molecule has 0 aromatic carbocycles. The van der Waals surface area contributed by atoms with Gasteiger partial charge >= 0.3 is 11.9 Å². The van der Waals surface area contributed by atoms with Crippen LogP contribution in [0, 0.1) is 0 Å². The van der Waals surface area contributed by atoms with Crippen molar-refractivity contribution >= 4 is 57.1 Å². The van der Waals surface area contributed by atoms with Gasteiger partial charge in [-0.05, 0) is 58.0 Å². The number of carbonyl (C=O) groups is 2. The molecule has 0 aliphatic rings. The zero-order valence-electron chi connectivity index (χ0n) is 10.6. The molecule has 0 saturated carbocycles. The zero-order chi connectivity index (χ0) is 14.0. The molecule has 0 rings (SSSR count). The van der Waals surface area contributed by atoms with Gasteiger partial charge in [0.2, 0.25) is 0 Å². The van der Waals surface area contributed by atoms with Gasteiger partial charge in [0.05, 0.1) is 13.2 Å². The van der Waals surface area contributed by atoms with Crippen LogP contribution in [0.3, 0.4) is 0 Å². The summed E-state index contributed by atoms with van der Waals surface area (Å²) < 4.78 is 10.6. The van der Waals surface area contributed by atoms with E-state index in [4.69, 9.17) is 9.47 Å². The van der Waals surface area contributed by atoms with Gasteiger partial charge in [0.25, 0.3) is 0 Å². The fraction of sp³-hybridized carbons (Fsp3) is 0.667. The van der Waals surface area contributed by atoms with E-state index in [1.807, 2.05) is 59.0 Å². The number of rotatable bonds is 8. The number of unbranched alkanes of at least 4 members (excludes halogenated alkanes) is 2. The average Bonchev–Trinajstić information content (AvgIpc) is 2.37. The third-order valence-corrected chi connectivity index (χ3v) is 5.00. The van der Waals surface area contributed by atoms with Crippen molar-refractivity contribution in [1.82, 2.24) is 0 Å². The van der Waals surface area contributed by atoms with E-state index in [9.17, 15) is 9.59 Å². The molecule has 0 amide bonds. The summed E-state index contributed by atoms with van der Waals surface area (Å²) in [5.74, 6) is -0.915. The molecule has 104 valence electrons. The fourth-order valence-electron chi connectivity index (χ4n) is 0.924. The molecule has 0 radical (unpaired) electrons. The molecule has 0 aromatic rings. The van der Waals surface area contributed by atoms with Gasteiger partial charge in [0.15, 0.2) is 0 Å². The molecule has 0 unspecified atom stereocenters. The predicted octanol–water partition coefficient (Wildman–Crippen LogP) is 3.75. The standard InChI is InChI=1S/C12H18I2O4/c1-3-5-7-17-11(15)9(13)10(14)12(16)18-8-6-4-2/h3-8H2,1-2H3/b10-9-. The molecule has 0 heterocycles. The molecule has 0 bridgehead atoms. The molecule has 0 atom stereocenters. The number of ether oxygens (including phenoxy) is 2. The Kier molecular flexibility index (Phi) is 11.1. The summed E-state index contributed by atoms with van der Waals surface area (Å²) in [7, 11) is 0. The summed E-state index contributed by atoms with van der Waals surface area (Å²) in [5, 5.41) is 0. The largest absolute Gasteiger partial charge is 0.462 e. The van der Waals surface area contributed by atoms with Gasteiger partial charge in [-0.3, -0.25) is 0 Å². The highest BCUT2D eigenvalue weighted by atomic mass is 127. The van der Waals surface area contributed by atoms with Crippen LogP contribution in [0.1, 0.15) is 39.5 Å². The lowest BCUT2D eigenvalue weighted by atomic mass is 10.4. The van der Waals surface area contributed by atoms with Crippen molar-refractivity contribution in [2.45, 2.75) is 39.5 Å². The molecule has 0 aliphatic heterocycles. The topological polar surface area (TPSA) is 52.6 Å². The minimum atomic E-state index is -0.458. The van der Waals surface area contributed by atoms with Crippen molar-refractivity contribution < 1.29 is 19.1 Å². The van der Waals surface area contributed by atoms with E-state index in [0.29, 0.717) is 13.2 Å². The van der Waals surface area contributed by atoms with E-state index >= 15 is 0 Å². The molecular formula is C12H18I2O4. The molecule has 6 heteroatoms. The Balaban J connectivity index is 4.30. The Morgan fingerprint density at radius 2 is 1.17 bits per heavy atom. The molecule has 0 fully saturated rings. The highest BCUT2D eigenvalue weighted by molar-refractivity contribution is 14.1. The van der Waals surface area contributed by atoms with Gasteiger partial charge in [-0.1, -0.05) is 26.7 Å². The normalized spacial score (nSPS) is 11.8. The molecule has 0 spiro atoms. The van der Waals surface area contributed by atoms with Crippen molar-refractivity contribution in [3.05, 3.63) is 7.16 Å². The lowest BCUT2D eigenvalue weighted by Crippen LogP contribution is -2.12. The van der Waals surface area contributed by atoms with E-state index in [-0.39, 0.29) is 7.16 Å². The number of hydrogen-bond donors (Lipinski definition) is 0. The van der Waals surface area contributed by atoms with Crippen LogP contribution < -0.4 is 0 Å². The second-order valence-electron chi connectivity index (χ2n) is 3.61. The molecule has 4 nitrogen and oxygen atoms in total. The summed E-state index contributed by atoms with van der Waals surface area (Å²) in [5.41, 5.74) is 0. The maximum atomic E-state index is 11.6. The molecule has 0 aromatic heterocycles. The molecule has 18 heavy (non-hydrogen) atoms. The maximum absolute atomic E-state index is 11.6. The van der Waals surface area contributed by atoms with Gasteiger partial charge in [0, 0.05) is 0 Å². The van der Waals surface area contributed by atoms with Crippen LogP contribution in [-0.4, -0.2) is 25.2 Å². The first-order valence-electron chi connectivity index (χ1n) is 5.94. The van der Waals surface area contributed by atoms with Crippen molar-refractivity contribution in [2.75, 3.05) is 13.2 Å². The van der Waals surface area contributed by atoms with Crippen LogP contribution >= 0.6 is 45.2 Å². The van der Waals surface area contributed by atoms with E-state index in [1.54, 1.807) is 0 Å². The number of halogens is 2. The van der Waals surface area contributed by atoms with Crippen molar-refractivity contribution in [3.8, 4) is 0 Å². The highest BCUT2D eigenvalue weighted by Gasteiger charge is 2.18. The summed E-state index contributed by atoms with van der Waals surface area (Å²) in [4.78, 5) is 23.2. The third-order valence-electron chi connectivity index (χ3n) is 2.01. The molecule has 0 N–H and O–H groups in total. The zero-order valence-corrected chi connectivity index (χ0v) is 14.9. The van der Waals surface area contributed by atoms with Crippen LogP contribution in [0.2, 0.25) is 0 Å². The summed E-state index contributed by atoms with van der Waals surface area (Å²) in [6.07, 6.45) is 3.58. The number of hydrogen-bond acceptors (Lipinski definition) is 4. The van der Waals surface area contributed by atoms with E-state index in [0.717, 1.165) is 25.7 Å². The monoisotopic (exact) mass is 480 g/mol. The SMILES string of the molecule is CCCCOC(=O)/C(I)=C(/I)C(=O)OCCCC. The van der Waals surface area contributed by atoms with Crippen molar-refractivity contribution in [1.29, 1.82) is 0 Å². The van der Waals surface area contributed by atoms with E-state index < -0.39 is 11.9 Å². The van der Waals surface area contributed by atoms with Gasteiger partial charge < -0.3 is 9.47 Å². The summed E-state index contributed by atoms with van der Waals surface area (Å²) >= 11 is 3.64. The first-order chi connectivity index (χ1) is 8.54. The van der Waals surface area contributed by atoms with Gasteiger partial charge in [0.1, 0.15) is 7.16 Å². The van der Waals surface area contributed by atoms with Gasteiger partial charge in [-0.2, -0.15) is 0 Å². The second kappa shape index (κ2) is 11.0. The smallest absolute Gasteiger partial charge is 0.345 e. The Morgan fingerprint density at radius 3 is 1.44 bits per heavy atom. The lowest BCUT2D eigenvalue weighted by molar-refractivity contribution is -0.140. The summed E-state index contributed by atoms with van der Waals surface area (Å²) in [6.45, 7) is 4.81. The first-order valence-corrected chi connectivity index (χ1v) is 8.09. The third kappa shape index (κ3) is 7.55. The second-order valence-corrected chi connectivity index (χ2v) is 5.76. The number of carbonyl (C=O) groups excluding carboxylic acids is 2. The Hall–Kier alpha value is 0.140. The Labute approximate surface area is 135 Å². The average molecular weight is 480 g/mol. The first kappa shape index (κ1) is 18.1. The molecule has 0 aliphatic carbocycles. The van der Waals surface area contributed by atoms with Crippen molar-refractivity contribution in [3.63, 3.8) is 0 Å². The van der Waals surface area contributed by atoms with E-state index in [1.165, 1.54) is 0 Å². The van der Waals surface area contributed by atoms with Gasteiger partial charge in [-0.15, -0.1) is 0 Å². The predicted molar refractivity (Wildman–Crippen MR) is 86.8 cm³/mol. The van der Waals surface area contributed by atoms with Crippen LogP contribution in [0.15, 0.2) is 7.16 Å². The van der Waals surface area contributed by atoms with Crippen LogP contribution in [0.25, 0.3) is 0 Å². The number of esters is 2. The maximum Gasteiger partial charge on any atom is 0.345 e. The van der Waals surface area contributed by atoms with Crippen LogP contribution in [0.4, 0.5) is 0 Å². The minimum Gasteiger partial charge on any atom is -0.462 e. The molecular weight excluding hydrogens is 462 g/mol. The molecule has 0 saturated heterocycles. The minimum absolute atomic E-state index is 0.283. The Morgan fingerprint density at radius 1 is 0.833 bits per heavy atom. The quantitative estimate of drug-likeness (QED) is 0.230. The fourth-order valence-corrected chi connectivity index (χ4v) is 1.68. The van der Waals surface area contributed by atoms with Crippen LogP contribution in [0.5, 0.6) is 0 Å². The summed E-state index contributed by atoms with van der Waals surface area (Å²) in [6, 6.07) is 0. The van der Waals surface area contributed by atoms with Gasteiger partial charge in [-0.25, -0.2) is 9.59 Å². The Bertz CT molecular complexity index is 283. The lowest BCUT2D eigenvalue weighted by Gasteiger charge is -2.06. The van der Waals surface area contributed by atoms with E-state index in [2.05, 4.69) is 0 Å².